The van der Waals surface area contributed by atoms with Crippen LogP contribution in [0.1, 0.15) is 52.7 Å². The second-order valence-electron chi connectivity index (χ2n) is 22.1. The lowest BCUT2D eigenvalue weighted by Gasteiger charge is -2.35. The van der Waals surface area contributed by atoms with Crippen molar-refractivity contribution in [3.63, 3.8) is 0 Å². The fraction of sp³-hybridized carbons (Fsp3) is 0.125. The van der Waals surface area contributed by atoms with Gasteiger partial charge in [0.05, 0.1) is 33.3 Å². The molecule has 324 valence electrons. The predicted molar refractivity (Wildman–Crippen MR) is 295 cm³/mol. The Morgan fingerprint density at radius 1 is 0.377 bits per heavy atom. The third-order valence-corrected chi connectivity index (χ3v) is 16.3. The summed E-state index contributed by atoms with van der Waals surface area (Å²) in [5.74, 6) is 0. The van der Waals surface area contributed by atoms with E-state index >= 15 is 0 Å². The zero-order valence-corrected chi connectivity index (χ0v) is 39.5. The molecule has 3 aromatic heterocycles. The Morgan fingerprint density at radius 2 is 0.913 bits per heavy atom. The van der Waals surface area contributed by atoms with Gasteiger partial charge in [0.1, 0.15) is 5.52 Å². The first-order valence-corrected chi connectivity index (χ1v) is 24.5. The van der Waals surface area contributed by atoms with Gasteiger partial charge >= 0.3 is 0 Å². The van der Waals surface area contributed by atoms with Crippen molar-refractivity contribution in [2.24, 2.45) is 0 Å². The Morgan fingerprint density at radius 3 is 1.58 bits per heavy atom. The third kappa shape index (κ3) is 4.66. The van der Waals surface area contributed by atoms with Crippen molar-refractivity contribution in [1.29, 1.82) is 0 Å². The first-order valence-electron chi connectivity index (χ1n) is 24.5. The van der Waals surface area contributed by atoms with Crippen molar-refractivity contribution in [2.75, 3.05) is 0 Å². The van der Waals surface area contributed by atoms with Gasteiger partial charge in [-0.3, -0.25) is 0 Å². The number of aromatic nitrogens is 4. The molecule has 0 unspecified atom stereocenters. The van der Waals surface area contributed by atoms with Crippen LogP contribution < -0.4 is 16.4 Å². The minimum absolute atomic E-state index is 0.0211. The van der Waals surface area contributed by atoms with Gasteiger partial charge in [0, 0.05) is 54.4 Å². The molecule has 69 heavy (non-hydrogen) atoms. The molecule has 0 aliphatic carbocycles. The number of benzene rings is 11. The molecule has 0 saturated carbocycles. The van der Waals surface area contributed by atoms with Crippen molar-refractivity contribution in [3.8, 4) is 11.4 Å². The number of para-hydroxylation sites is 1. The second kappa shape index (κ2) is 12.5. The zero-order valence-electron chi connectivity index (χ0n) is 39.5. The van der Waals surface area contributed by atoms with Crippen LogP contribution in [0.5, 0.6) is 0 Å². The molecule has 0 spiro atoms. The highest BCUT2D eigenvalue weighted by Gasteiger charge is 2.43. The standard InChI is InChI=1S/C64H45BN4/c1-63(2,3)34-26-28-51-46(30-34)47-31-35(64(4,5)6)32-49-61(47)69(51)62-56-53(33-50-59(62)67-58-44-23-14-11-20-40(44)39-19-10-13-22-43(39)57(58)66-50)68-52-29-27-42-38-18-8-7-16-36(38)37-17-9-12-21-41(37)54(42)55(52)45-24-15-25-48(60(45)68)65(49)56/h7-33H,1-6H3. The maximum atomic E-state index is 5.93. The lowest BCUT2D eigenvalue weighted by molar-refractivity contribution is 0.590. The van der Waals surface area contributed by atoms with Gasteiger partial charge < -0.3 is 9.13 Å². The van der Waals surface area contributed by atoms with Crippen LogP contribution in [0.15, 0.2) is 164 Å². The first kappa shape index (κ1) is 38.0. The highest BCUT2D eigenvalue weighted by atomic mass is 15.1. The molecule has 14 aromatic rings. The Labute approximate surface area is 398 Å². The maximum absolute atomic E-state index is 5.93. The fourth-order valence-corrected chi connectivity index (χ4v) is 13.2. The van der Waals surface area contributed by atoms with E-state index in [9.17, 15) is 0 Å². The van der Waals surface area contributed by atoms with E-state index in [1.807, 2.05) is 0 Å². The number of hydrogen-bond donors (Lipinski definition) is 0. The number of nitrogens with zero attached hydrogens (tertiary/aromatic N) is 4. The Hall–Kier alpha value is -8.02. The molecule has 4 nitrogen and oxygen atoms in total. The van der Waals surface area contributed by atoms with E-state index in [0.29, 0.717) is 0 Å². The van der Waals surface area contributed by atoms with Crippen LogP contribution in [0, 0.1) is 0 Å². The van der Waals surface area contributed by atoms with Crippen LogP contribution in [0.25, 0.3) is 131 Å². The van der Waals surface area contributed by atoms with Gasteiger partial charge in [0.2, 0.25) is 0 Å². The van der Waals surface area contributed by atoms with Gasteiger partial charge in [0.25, 0.3) is 6.71 Å². The average molecular weight is 881 g/mol. The van der Waals surface area contributed by atoms with E-state index in [0.717, 1.165) is 38.5 Å². The summed E-state index contributed by atoms with van der Waals surface area (Å²) in [7, 11) is 0. The van der Waals surface area contributed by atoms with Crippen LogP contribution in [-0.4, -0.2) is 25.8 Å². The van der Waals surface area contributed by atoms with Crippen molar-refractivity contribution in [2.45, 2.75) is 52.4 Å². The summed E-state index contributed by atoms with van der Waals surface area (Å²) in [4.78, 5) is 11.7. The quantitative estimate of drug-likeness (QED) is 0.0864. The molecule has 0 N–H and O–H groups in total. The molecule has 16 rings (SSSR count). The lowest BCUT2D eigenvalue weighted by Crippen LogP contribution is -2.59. The molecular weight excluding hydrogens is 836 g/mol. The van der Waals surface area contributed by atoms with Gasteiger partial charge in [0.15, 0.2) is 0 Å². The molecular formula is C64H45BN4. The largest absolute Gasteiger partial charge is 0.310 e. The molecule has 11 aromatic carbocycles. The fourth-order valence-electron chi connectivity index (χ4n) is 13.2. The molecule has 2 aliphatic rings. The van der Waals surface area contributed by atoms with Crippen molar-refractivity contribution < 1.29 is 0 Å². The SMILES string of the molecule is CC(C)(C)c1ccc2c(c1)c1cc(C(C)(C)C)cc3c1n2-c1c2c(cc4nc5c6ccccc6c6ccccc6c5nc14)-n1c4ccc5c6ccccc6c6ccccc6c5c4c4cccc(c41)B23. The van der Waals surface area contributed by atoms with E-state index in [2.05, 4.69) is 214 Å². The van der Waals surface area contributed by atoms with Gasteiger partial charge in [-0.2, -0.15) is 0 Å². The number of rotatable bonds is 0. The van der Waals surface area contributed by atoms with Crippen LogP contribution in [0.3, 0.4) is 0 Å². The van der Waals surface area contributed by atoms with Gasteiger partial charge in [-0.25, -0.2) is 9.97 Å². The minimum atomic E-state index is -0.0835. The monoisotopic (exact) mass is 880 g/mol. The summed E-state index contributed by atoms with van der Waals surface area (Å²) in [6.45, 7) is 14.0. The lowest BCUT2D eigenvalue weighted by atomic mass is 9.34. The van der Waals surface area contributed by atoms with Crippen LogP contribution >= 0.6 is 0 Å². The van der Waals surface area contributed by atoms with Crippen LogP contribution in [0.2, 0.25) is 0 Å². The molecule has 5 heterocycles. The molecule has 0 amide bonds. The average Bonchev–Trinajstić information content (AvgIpc) is 3.88. The van der Waals surface area contributed by atoms with Crippen molar-refractivity contribution >= 4 is 143 Å². The molecule has 0 atom stereocenters. The summed E-state index contributed by atoms with van der Waals surface area (Å²) >= 11 is 0. The molecule has 0 bridgehead atoms. The van der Waals surface area contributed by atoms with E-state index < -0.39 is 0 Å². The Balaban J connectivity index is 1.16. The van der Waals surface area contributed by atoms with Gasteiger partial charge in [-0.15, -0.1) is 0 Å². The van der Waals surface area contributed by atoms with Crippen molar-refractivity contribution in [1.82, 2.24) is 19.1 Å². The summed E-state index contributed by atoms with van der Waals surface area (Å²) < 4.78 is 5.22. The molecule has 0 saturated heterocycles. The number of hydrogen-bond acceptors (Lipinski definition) is 2. The maximum Gasteiger partial charge on any atom is 0.252 e. The second-order valence-corrected chi connectivity index (χ2v) is 22.1. The topological polar surface area (TPSA) is 35.6 Å². The third-order valence-electron chi connectivity index (χ3n) is 16.3. The summed E-state index contributed by atoms with van der Waals surface area (Å²) in [5.41, 5.74) is 17.6. The van der Waals surface area contributed by atoms with Gasteiger partial charge in [-0.05, 0) is 106 Å². The minimum Gasteiger partial charge on any atom is -0.310 e. The molecule has 5 heteroatoms. The van der Waals surface area contributed by atoms with Crippen LogP contribution in [-0.2, 0) is 10.8 Å². The molecule has 2 aliphatic heterocycles. The van der Waals surface area contributed by atoms with E-state index in [1.165, 1.54) is 120 Å². The zero-order chi connectivity index (χ0) is 46.0. The normalized spacial score (nSPS) is 13.6. The molecule has 0 fully saturated rings. The first-order chi connectivity index (χ1) is 33.5. The summed E-state index contributed by atoms with van der Waals surface area (Å²) in [6, 6.07) is 62.1. The van der Waals surface area contributed by atoms with Gasteiger partial charge in [-0.1, -0.05) is 175 Å². The Bertz CT molecular complexity index is 4710. The molecule has 0 radical (unpaired) electrons. The number of fused-ring (bicyclic) bond motifs is 25. The summed E-state index contributed by atoms with van der Waals surface area (Å²) in [5, 5.41) is 17.6. The van der Waals surface area contributed by atoms with E-state index in [1.54, 1.807) is 0 Å². The van der Waals surface area contributed by atoms with E-state index in [4.69, 9.17) is 9.97 Å². The van der Waals surface area contributed by atoms with E-state index in [-0.39, 0.29) is 17.5 Å². The smallest absolute Gasteiger partial charge is 0.252 e. The Kier molecular flexibility index (Phi) is 6.91. The van der Waals surface area contributed by atoms with Crippen LogP contribution in [0.4, 0.5) is 0 Å². The van der Waals surface area contributed by atoms with Crippen molar-refractivity contribution in [3.05, 3.63) is 175 Å². The highest BCUT2D eigenvalue weighted by molar-refractivity contribution is 7.00. The predicted octanol–water partition coefficient (Wildman–Crippen LogP) is 14.5. The summed E-state index contributed by atoms with van der Waals surface area (Å²) in [6.07, 6.45) is 0. The highest BCUT2D eigenvalue weighted by Crippen LogP contribution is 2.47.